The normalized spacial score (nSPS) is 47.8. The van der Waals surface area contributed by atoms with E-state index in [9.17, 15) is 20.1 Å². The van der Waals surface area contributed by atoms with Crippen molar-refractivity contribution >= 4 is 5.78 Å². The number of ether oxygens (including phenoxy) is 8. The number of furan rings is 1. The molecule has 13 heteroatoms. The molecule has 0 bridgehead atoms. The Balaban J connectivity index is 0.932. The lowest BCUT2D eigenvalue weighted by Crippen LogP contribution is -2.57. The predicted molar refractivity (Wildman–Crippen MR) is 189 cm³/mol. The van der Waals surface area contributed by atoms with Crippen molar-refractivity contribution in [1.29, 1.82) is 0 Å². The molecule has 3 aliphatic heterocycles. The standard InChI is InChI=1S/C40H60O13/c1-19-24(12-13-47-19)25-10-11-27-26(37(25)44)9-8-23-14-30(29(42)18-40(23,27)5)51-34-17-32(46-7)39(22(4)50-34)53-33-15-28(41)38(21(3)49-33)52-35-16-31(45-6)36(43)20(2)48-35/h8,12-13,20-22,25-36,38-39,41-43H,9-11,14-18H2,1-7H3/t20-,21+,22-,25?,26?,27?,28-,29+,30+,31+,32+,33-,34+,35-,36-,38+,39-,40?/m0/s1. The van der Waals surface area contributed by atoms with E-state index >= 15 is 0 Å². The molecule has 4 heterocycles. The van der Waals surface area contributed by atoms with Gasteiger partial charge >= 0.3 is 0 Å². The summed E-state index contributed by atoms with van der Waals surface area (Å²) >= 11 is 0. The summed E-state index contributed by atoms with van der Waals surface area (Å²) in [5.41, 5.74) is 2.00. The van der Waals surface area contributed by atoms with E-state index in [4.69, 9.17) is 42.3 Å². The molecule has 1 aromatic heterocycles. The Morgan fingerprint density at radius 2 is 1.43 bits per heavy atom. The van der Waals surface area contributed by atoms with Gasteiger partial charge in [-0.25, -0.2) is 0 Å². The summed E-state index contributed by atoms with van der Waals surface area (Å²) in [6.45, 7) is 9.63. The van der Waals surface area contributed by atoms with Crippen molar-refractivity contribution in [3.63, 3.8) is 0 Å². The summed E-state index contributed by atoms with van der Waals surface area (Å²) in [4.78, 5) is 13.8. The van der Waals surface area contributed by atoms with Gasteiger partial charge in [0.25, 0.3) is 0 Å². The fourth-order valence-electron chi connectivity index (χ4n) is 10.3. The molecule has 2 saturated carbocycles. The van der Waals surface area contributed by atoms with Crippen LogP contribution in [0.5, 0.6) is 0 Å². The topological polar surface area (TPSA) is 165 Å². The van der Waals surface area contributed by atoms with Crippen LogP contribution in [0.4, 0.5) is 0 Å². The predicted octanol–water partition coefficient (Wildman–Crippen LogP) is 4.07. The summed E-state index contributed by atoms with van der Waals surface area (Å²) in [7, 11) is 3.17. The van der Waals surface area contributed by atoms with E-state index in [0.29, 0.717) is 37.9 Å². The Labute approximate surface area is 312 Å². The number of allylic oxidation sites excluding steroid dienone is 1. The summed E-state index contributed by atoms with van der Waals surface area (Å²) in [5, 5.41) is 33.0. The van der Waals surface area contributed by atoms with Gasteiger partial charge < -0.3 is 57.6 Å². The molecule has 0 radical (unpaired) electrons. The first-order valence-corrected chi connectivity index (χ1v) is 19.6. The van der Waals surface area contributed by atoms with Crippen LogP contribution in [-0.4, -0.2) is 121 Å². The number of ketones is 1. The second-order valence-electron chi connectivity index (χ2n) is 16.5. The molecule has 6 aliphatic rings. The van der Waals surface area contributed by atoms with Gasteiger partial charge in [-0.1, -0.05) is 18.6 Å². The number of aliphatic hydroxyl groups is 3. The van der Waals surface area contributed by atoms with Crippen LogP contribution in [0.25, 0.3) is 0 Å². The highest BCUT2D eigenvalue weighted by molar-refractivity contribution is 5.89. The highest BCUT2D eigenvalue weighted by atomic mass is 16.7. The van der Waals surface area contributed by atoms with Gasteiger partial charge in [-0.15, -0.1) is 0 Å². The van der Waals surface area contributed by atoms with E-state index in [1.165, 1.54) is 5.57 Å². The molecule has 0 amide bonds. The fraction of sp³-hybridized carbons (Fsp3) is 0.825. The van der Waals surface area contributed by atoms with Crippen LogP contribution in [0.15, 0.2) is 28.4 Å². The van der Waals surface area contributed by atoms with Crippen LogP contribution in [0.3, 0.4) is 0 Å². The van der Waals surface area contributed by atoms with Gasteiger partial charge in [-0.2, -0.15) is 0 Å². The van der Waals surface area contributed by atoms with Gasteiger partial charge in [-0.3, -0.25) is 4.79 Å². The van der Waals surface area contributed by atoms with E-state index in [0.717, 1.165) is 24.2 Å². The Kier molecular flexibility index (Phi) is 11.9. The third-order valence-corrected chi connectivity index (χ3v) is 13.4. The number of rotatable bonds is 9. The maximum Gasteiger partial charge on any atom is 0.161 e. The zero-order valence-corrected chi connectivity index (χ0v) is 32.1. The van der Waals surface area contributed by atoms with Gasteiger partial charge in [0.15, 0.2) is 18.9 Å². The van der Waals surface area contributed by atoms with Crippen molar-refractivity contribution in [3.8, 4) is 0 Å². The molecule has 4 unspecified atom stereocenters. The minimum Gasteiger partial charge on any atom is -0.469 e. The van der Waals surface area contributed by atoms with E-state index in [-0.39, 0.29) is 35.7 Å². The Morgan fingerprint density at radius 3 is 2.11 bits per heavy atom. The van der Waals surface area contributed by atoms with Gasteiger partial charge in [0.2, 0.25) is 0 Å². The van der Waals surface area contributed by atoms with E-state index < -0.39 is 79.9 Å². The van der Waals surface area contributed by atoms with Gasteiger partial charge in [0.1, 0.15) is 29.9 Å². The first kappa shape index (κ1) is 39.5. The minimum absolute atomic E-state index is 0.0626. The minimum atomic E-state index is -0.885. The maximum absolute atomic E-state index is 13.8. The second-order valence-corrected chi connectivity index (χ2v) is 16.5. The third kappa shape index (κ3) is 7.70. The van der Waals surface area contributed by atoms with Crippen LogP contribution < -0.4 is 0 Å². The summed E-state index contributed by atoms with van der Waals surface area (Å²) in [6.07, 6.45) is 0.130. The van der Waals surface area contributed by atoms with Crippen molar-refractivity contribution < 1.29 is 62.4 Å². The SMILES string of the molecule is CO[C@@H]1C[C@H](O[C@H]2[C@@H](O)C[C@H](O[C@H]3[C@H](C)O[C@H](O[C@@H]4CC5=CCC6C(=O)C(c7ccoc7C)CCC6C5(C)C[C@H]4O)C[C@H]3OC)O[C@@H]2C)O[C@@H](C)[C@@H]1O. The monoisotopic (exact) mass is 748 g/mol. The Bertz CT molecular complexity index is 1430. The molecule has 3 aliphatic carbocycles. The molecule has 3 N–H and O–H groups in total. The molecule has 5 fully saturated rings. The maximum atomic E-state index is 13.8. The number of methoxy groups -OCH3 is 2. The number of carbonyl (C=O) groups is 1. The number of fused-ring (bicyclic) bond motifs is 3. The first-order valence-electron chi connectivity index (χ1n) is 19.6. The van der Waals surface area contributed by atoms with Crippen LogP contribution in [0.1, 0.15) is 96.3 Å². The molecule has 18 atom stereocenters. The summed E-state index contributed by atoms with van der Waals surface area (Å²) in [5.74, 6) is 1.11. The average molecular weight is 749 g/mol. The van der Waals surface area contributed by atoms with Crippen LogP contribution in [0.2, 0.25) is 0 Å². The number of Topliss-reactive ketones (excluding diaryl/α,β-unsaturated/α-hetero) is 1. The summed E-state index contributed by atoms with van der Waals surface area (Å²) in [6, 6.07) is 1.94. The van der Waals surface area contributed by atoms with Crippen molar-refractivity contribution in [2.24, 2.45) is 17.3 Å². The Hall–Kier alpha value is -1.75. The smallest absolute Gasteiger partial charge is 0.161 e. The quantitative estimate of drug-likeness (QED) is 0.310. The third-order valence-electron chi connectivity index (χ3n) is 13.4. The van der Waals surface area contributed by atoms with Gasteiger partial charge in [0.05, 0.1) is 55.1 Å². The molecule has 298 valence electrons. The van der Waals surface area contributed by atoms with E-state index in [1.807, 2.05) is 26.8 Å². The van der Waals surface area contributed by atoms with Crippen molar-refractivity contribution in [2.45, 2.75) is 178 Å². The molecular formula is C40H60O13. The van der Waals surface area contributed by atoms with Gasteiger partial charge in [0, 0.05) is 50.9 Å². The number of aryl methyl sites for hydroxylation is 1. The molecular weight excluding hydrogens is 688 g/mol. The van der Waals surface area contributed by atoms with Crippen molar-refractivity contribution in [3.05, 3.63) is 35.3 Å². The van der Waals surface area contributed by atoms with Crippen LogP contribution >= 0.6 is 0 Å². The molecule has 13 nitrogen and oxygen atoms in total. The van der Waals surface area contributed by atoms with Crippen LogP contribution in [0, 0.1) is 24.2 Å². The van der Waals surface area contributed by atoms with E-state index in [1.54, 1.807) is 27.4 Å². The lowest BCUT2D eigenvalue weighted by atomic mass is 9.51. The molecule has 0 aromatic carbocycles. The fourth-order valence-corrected chi connectivity index (χ4v) is 10.3. The second kappa shape index (κ2) is 16.0. The lowest BCUT2D eigenvalue weighted by Gasteiger charge is -2.54. The molecule has 3 saturated heterocycles. The van der Waals surface area contributed by atoms with Crippen molar-refractivity contribution in [1.82, 2.24) is 0 Å². The highest BCUT2D eigenvalue weighted by Crippen LogP contribution is 2.58. The largest absolute Gasteiger partial charge is 0.469 e. The zero-order valence-electron chi connectivity index (χ0n) is 32.1. The molecule has 1 aromatic rings. The summed E-state index contributed by atoms with van der Waals surface area (Å²) < 4.78 is 54.3. The number of carbonyl (C=O) groups excluding carboxylic acids is 1. The molecule has 0 spiro atoms. The number of hydrogen-bond donors (Lipinski definition) is 3. The number of hydrogen-bond acceptors (Lipinski definition) is 13. The highest BCUT2D eigenvalue weighted by Gasteiger charge is 2.55. The number of aliphatic hydroxyl groups excluding tert-OH is 3. The molecule has 53 heavy (non-hydrogen) atoms. The lowest BCUT2D eigenvalue weighted by molar-refractivity contribution is -0.338. The van der Waals surface area contributed by atoms with Gasteiger partial charge in [-0.05, 0) is 77.2 Å². The average Bonchev–Trinajstić information content (AvgIpc) is 3.54. The van der Waals surface area contributed by atoms with Crippen molar-refractivity contribution in [2.75, 3.05) is 14.2 Å². The zero-order chi connectivity index (χ0) is 37.8. The van der Waals surface area contributed by atoms with Crippen LogP contribution in [-0.2, 0) is 42.7 Å². The van der Waals surface area contributed by atoms with E-state index in [2.05, 4.69) is 13.0 Å². The molecule has 7 rings (SSSR count). The Morgan fingerprint density at radius 1 is 0.792 bits per heavy atom. The first-order chi connectivity index (χ1) is 25.3.